The van der Waals surface area contributed by atoms with Crippen LogP contribution in [0.4, 0.5) is 0 Å². The standard InChI is InChI=1S/C9H7.C8H20NOSi2.2ClH.Ti/c1-2-5-9-7-3-6-8(9)4-1;1-11(2)8(6-7-9)10-12(3,4)5;;;/h1-7H;9H,6-7H2,1-5H3;2*1H;/q2*-1;;;+4/p-2. The third-order valence-electron chi connectivity index (χ3n) is 2.89. The fourth-order valence-corrected chi connectivity index (χ4v) is 5.16. The van der Waals surface area contributed by atoms with Gasteiger partial charge < -0.3 is 35.0 Å². The van der Waals surface area contributed by atoms with Gasteiger partial charge >= 0.3 is 21.7 Å². The molecule has 0 amide bonds. The molecule has 2 nitrogen and oxygen atoms in total. The molecule has 0 unspecified atom stereocenters. The second-order valence-electron chi connectivity index (χ2n) is 6.29. The van der Waals surface area contributed by atoms with Gasteiger partial charge in [0.1, 0.15) is 0 Å². The average molecular weight is 436 g/mol. The Bertz CT molecular complexity index is 563. The molecule has 0 saturated heterocycles. The predicted octanol–water partition coefficient (Wildman–Crippen LogP) is -0.690. The molecule has 1 N–H and O–H groups in total. The van der Waals surface area contributed by atoms with Gasteiger partial charge in [-0.3, -0.25) is 0 Å². The molecule has 0 aliphatic carbocycles. The van der Waals surface area contributed by atoms with Gasteiger partial charge in [-0.15, -0.1) is 36.2 Å². The molecule has 0 radical (unpaired) electrons. The summed E-state index contributed by atoms with van der Waals surface area (Å²) in [6.45, 7) is 11.5. The second kappa shape index (κ2) is 14.4. The van der Waals surface area contributed by atoms with Gasteiger partial charge in [-0.1, -0.05) is 19.2 Å². The Morgan fingerprint density at radius 1 is 1.12 bits per heavy atom. The van der Waals surface area contributed by atoms with E-state index in [1.165, 1.54) is 16.1 Å². The number of hydrogen-bond acceptors (Lipinski definition) is 1. The van der Waals surface area contributed by atoms with E-state index in [1.807, 2.05) is 0 Å². The van der Waals surface area contributed by atoms with Gasteiger partial charge in [0.25, 0.3) is 0 Å². The number of fused-ring (bicyclic) bond motifs is 1. The van der Waals surface area contributed by atoms with Crippen molar-refractivity contribution in [3.63, 3.8) is 0 Å². The van der Waals surface area contributed by atoms with E-state index in [2.05, 4.69) is 75.2 Å². The molecule has 132 valence electrons. The molecule has 0 heterocycles. The zero-order valence-electron chi connectivity index (χ0n) is 15.1. The van der Waals surface area contributed by atoms with E-state index in [-0.39, 0.29) is 46.5 Å². The Labute approximate surface area is 177 Å². The summed E-state index contributed by atoms with van der Waals surface area (Å²) < 4.78 is 5.92. The van der Waals surface area contributed by atoms with Gasteiger partial charge in [-0.05, 0) is 26.1 Å². The van der Waals surface area contributed by atoms with E-state index in [1.54, 1.807) is 0 Å². The zero-order valence-corrected chi connectivity index (χ0v) is 20.2. The van der Waals surface area contributed by atoms with Crippen LogP contribution in [0.25, 0.3) is 16.5 Å². The minimum absolute atomic E-state index is 0. The first-order valence-electron chi connectivity index (χ1n) is 7.44. The molecule has 0 fully saturated rings. The number of halogens is 2. The number of benzene rings is 1. The molecule has 0 atom stereocenters. The fourth-order valence-electron chi connectivity index (χ4n) is 1.96. The van der Waals surface area contributed by atoms with Crippen LogP contribution in [0, 0.1) is 0 Å². The summed E-state index contributed by atoms with van der Waals surface area (Å²) in [5.41, 5.74) is 7.17. The van der Waals surface area contributed by atoms with Gasteiger partial charge in [0, 0.05) is 5.35 Å². The first-order valence-corrected chi connectivity index (χ1v) is 13.3. The van der Waals surface area contributed by atoms with E-state index < -0.39 is 16.7 Å². The van der Waals surface area contributed by atoms with Crippen molar-refractivity contribution in [2.45, 2.75) is 39.2 Å². The van der Waals surface area contributed by atoms with Crippen LogP contribution < -0.4 is 24.8 Å². The molecule has 7 heteroatoms. The van der Waals surface area contributed by atoms with Crippen LogP contribution >= 0.6 is 0 Å². The summed E-state index contributed by atoms with van der Waals surface area (Å²) in [5, 5.41) is 3.88. The maximum Gasteiger partial charge on any atom is 4.00 e. The second-order valence-corrected chi connectivity index (χ2v) is 13.3. The van der Waals surface area contributed by atoms with Crippen LogP contribution in [0.1, 0.15) is 6.42 Å². The van der Waals surface area contributed by atoms with Crippen LogP contribution in [0.3, 0.4) is 0 Å². The summed E-state index contributed by atoms with van der Waals surface area (Å²) in [5.74, 6) is 0. The van der Waals surface area contributed by atoms with Crippen molar-refractivity contribution in [3.05, 3.63) is 48.2 Å². The maximum atomic E-state index is 7.17. The van der Waals surface area contributed by atoms with Crippen molar-refractivity contribution < 1.29 is 51.0 Å². The summed E-state index contributed by atoms with van der Waals surface area (Å²) in [4.78, 5) is 0. The third kappa shape index (κ3) is 11.7. The van der Waals surface area contributed by atoms with Crippen molar-refractivity contribution in [1.82, 2.24) is 0 Å². The Balaban J connectivity index is -0.000000332. The molecule has 0 aliphatic rings. The molecule has 2 rings (SSSR count). The molecule has 0 spiro atoms. The Morgan fingerprint density at radius 3 is 2.17 bits per heavy atom. The topological polar surface area (TPSA) is 33.0 Å². The summed E-state index contributed by atoms with van der Waals surface area (Å²) >= 11 is 0. The molecule has 0 bridgehead atoms. The maximum absolute atomic E-state index is 7.17. The van der Waals surface area contributed by atoms with E-state index in [9.17, 15) is 0 Å². The monoisotopic (exact) mass is 435 g/mol. The number of hydrogen-bond donors (Lipinski definition) is 0. The van der Waals surface area contributed by atoms with E-state index in [0.717, 1.165) is 6.42 Å². The molecule has 24 heavy (non-hydrogen) atoms. The SMILES string of the molecule is C[Si](C)=C(CC[NH-])O[Si](C)(C)C.[Cl-].[Cl-].[Ti+4].c1ccc2[cH-]ccc2c1. The normalized spacial score (nSPS) is 9.42. The van der Waals surface area contributed by atoms with Crippen molar-refractivity contribution in [2.75, 3.05) is 6.54 Å². The molecule has 0 aromatic heterocycles. The Morgan fingerprint density at radius 2 is 1.71 bits per heavy atom. The largest absolute Gasteiger partial charge is 4.00 e. The Hall–Kier alpha value is 0.188. The van der Waals surface area contributed by atoms with Crippen molar-refractivity contribution >= 4 is 32.9 Å². The molecule has 2 aromatic rings. The van der Waals surface area contributed by atoms with E-state index in [4.69, 9.17) is 10.2 Å². The van der Waals surface area contributed by atoms with Crippen molar-refractivity contribution in [3.8, 4) is 0 Å². The molecular weight excluding hydrogens is 409 g/mol. The molecule has 2 aromatic carbocycles. The number of rotatable bonds is 4. The number of nitrogens with one attached hydrogen (secondary N) is 1. The zero-order chi connectivity index (χ0) is 15.9. The predicted molar refractivity (Wildman–Crippen MR) is 100 cm³/mol. The minimum atomic E-state index is -1.42. The third-order valence-corrected chi connectivity index (χ3v) is 5.42. The average Bonchev–Trinajstić information content (AvgIpc) is 2.85. The van der Waals surface area contributed by atoms with E-state index >= 15 is 0 Å². The molecular formula is C17H27Cl2NOSi2Ti. The fraction of sp³-hybridized carbons (Fsp3) is 0.412. The van der Waals surface area contributed by atoms with Crippen LogP contribution in [0.5, 0.6) is 0 Å². The van der Waals surface area contributed by atoms with E-state index in [0.29, 0.717) is 6.54 Å². The van der Waals surface area contributed by atoms with Crippen LogP contribution in [0.15, 0.2) is 42.5 Å². The van der Waals surface area contributed by atoms with Gasteiger partial charge in [-0.25, -0.2) is 0 Å². The first-order chi connectivity index (χ1) is 9.83. The molecule has 0 aliphatic heterocycles. The van der Waals surface area contributed by atoms with Crippen LogP contribution in [-0.4, -0.2) is 28.6 Å². The van der Waals surface area contributed by atoms with Gasteiger partial charge in [-0.2, -0.15) is 17.5 Å². The first kappa shape index (κ1) is 29.0. The minimum Gasteiger partial charge on any atom is -1.00 e. The van der Waals surface area contributed by atoms with Gasteiger partial charge in [0.15, 0.2) is 0 Å². The summed E-state index contributed by atoms with van der Waals surface area (Å²) in [6.07, 6.45) is 0.839. The molecule has 0 saturated carbocycles. The van der Waals surface area contributed by atoms with Crippen LogP contribution in [-0.2, 0) is 26.1 Å². The van der Waals surface area contributed by atoms with Crippen LogP contribution in [0.2, 0.25) is 32.7 Å². The summed E-state index contributed by atoms with van der Waals surface area (Å²) in [6, 6.07) is 14.7. The van der Waals surface area contributed by atoms with Crippen molar-refractivity contribution in [2.24, 2.45) is 0 Å². The smallest absolute Gasteiger partial charge is 1.00 e. The Kier molecular flexibility index (Phi) is 17.3. The van der Waals surface area contributed by atoms with Gasteiger partial charge in [0.05, 0.1) is 8.41 Å². The quantitative estimate of drug-likeness (QED) is 0.462. The summed E-state index contributed by atoms with van der Waals surface area (Å²) in [7, 11) is -1.87. The van der Waals surface area contributed by atoms with Crippen molar-refractivity contribution in [1.29, 1.82) is 0 Å². The van der Waals surface area contributed by atoms with Gasteiger partial charge in [0.2, 0.25) is 8.32 Å².